The molecule has 0 spiro atoms. The number of rotatable bonds is 1. The smallest absolute Gasteiger partial charge is 0.0991 e. The minimum absolute atomic E-state index is 0.651. The number of fused-ring (bicyclic) bond motifs is 1. The molecule has 0 N–H and O–H groups in total. The molecule has 2 heteroatoms. The van der Waals surface area contributed by atoms with E-state index in [1.54, 1.807) is 0 Å². The maximum absolute atomic E-state index is 9.03. The van der Waals surface area contributed by atoms with Crippen LogP contribution < -0.4 is 0 Å². The number of nitriles is 1. The Morgan fingerprint density at radius 2 is 1.94 bits per heavy atom. The number of hydrogen-bond donors (Lipinski definition) is 0. The minimum Gasteiger partial charge on any atom is -0.256 e. The molecule has 2 aromatic rings. The van der Waals surface area contributed by atoms with E-state index in [2.05, 4.69) is 17.1 Å². The van der Waals surface area contributed by atoms with E-state index in [9.17, 15) is 0 Å². The fourth-order valence-corrected chi connectivity index (χ4v) is 3.01. The van der Waals surface area contributed by atoms with Gasteiger partial charge in [-0.15, -0.1) is 0 Å². The summed E-state index contributed by atoms with van der Waals surface area (Å²) in [6.45, 7) is 0. The normalized spacial score (nSPS) is 16.6. The summed E-state index contributed by atoms with van der Waals surface area (Å²) in [7, 11) is 0. The van der Waals surface area contributed by atoms with Gasteiger partial charge in [-0.25, -0.2) is 0 Å². The molecule has 0 atom stereocenters. The highest BCUT2D eigenvalue weighted by atomic mass is 14.6. The van der Waals surface area contributed by atoms with Crippen molar-refractivity contribution >= 4 is 10.9 Å². The molecule has 1 heterocycles. The van der Waals surface area contributed by atoms with Crippen molar-refractivity contribution in [1.82, 2.24) is 4.98 Å². The molecule has 0 aliphatic heterocycles. The first-order chi connectivity index (χ1) is 8.88. The average molecular weight is 236 g/mol. The van der Waals surface area contributed by atoms with Crippen LogP contribution in [0.4, 0.5) is 0 Å². The quantitative estimate of drug-likeness (QED) is 0.745. The molecule has 1 saturated carbocycles. The summed E-state index contributed by atoms with van der Waals surface area (Å²) in [5.74, 6) is 0.651. The predicted octanol–water partition coefficient (Wildman–Crippen LogP) is 4.15. The van der Waals surface area contributed by atoms with Gasteiger partial charge in [0.1, 0.15) is 0 Å². The topological polar surface area (TPSA) is 36.7 Å². The summed E-state index contributed by atoms with van der Waals surface area (Å²) in [6, 6.07) is 10.2. The van der Waals surface area contributed by atoms with E-state index in [0.717, 1.165) is 11.1 Å². The Labute approximate surface area is 107 Å². The van der Waals surface area contributed by atoms with Crippen LogP contribution in [0.5, 0.6) is 0 Å². The standard InChI is InChI=1S/C16H16N2/c17-11-12-6-7-16-15(10-12)14(8-9-18-16)13-4-2-1-3-5-13/h6-10,13H,1-5H2. The monoisotopic (exact) mass is 236 g/mol. The number of pyridine rings is 1. The highest BCUT2D eigenvalue weighted by Gasteiger charge is 2.17. The zero-order valence-electron chi connectivity index (χ0n) is 10.4. The second-order valence-electron chi connectivity index (χ2n) is 5.08. The van der Waals surface area contributed by atoms with Crippen LogP contribution in [0.3, 0.4) is 0 Å². The average Bonchev–Trinajstić information content (AvgIpc) is 2.47. The lowest BCUT2D eigenvalue weighted by Crippen LogP contribution is -2.05. The van der Waals surface area contributed by atoms with Gasteiger partial charge in [0, 0.05) is 11.6 Å². The van der Waals surface area contributed by atoms with Crippen molar-refractivity contribution in [1.29, 1.82) is 5.26 Å². The van der Waals surface area contributed by atoms with Gasteiger partial charge in [0.05, 0.1) is 17.1 Å². The molecule has 3 rings (SSSR count). The minimum atomic E-state index is 0.651. The van der Waals surface area contributed by atoms with E-state index in [-0.39, 0.29) is 0 Å². The maximum atomic E-state index is 9.03. The zero-order valence-corrected chi connectivity index (χ0v) is 10.4. The SMILES string of the molecule is N#Cc1ccc2nccc(C3CCCCC3)c2c1. The second-order valence-corrected chi connectivity index (χ2v) is 5.08. The van der Waals surface area contributed by atoms with E-state index in [4.69, 9.17) is 5.26 Å². The highest BCUT2D eigenvalue weighted by Crippen LogP contribution is 2.35. The van der Waals surface area contributed by atoms with E-state index >= 15 is 0 Å². The third-order valence-corrected chi connectivity index (χ3v) is 3.95. The van der Waals surface area contributed by atoms with Gasteiger partial charge in [-0.1, -0.05) is 19.3 Å². The summed E-state index contributed by atoms with van der Waals surface area (Å²) in [6.07, 6.45) is 8.46. The van der Waals surface area contributed by atoms with Crippen molar-refractivity contribution in [3.63, 3.8) is 0 Å². The van der Waals surface area contributed by atoms with Gasteiger partial charge < -0.3 is 0 Å². The summed E-state index contributed by atoms with van der Waals surface area (Å²) >= 11 is 0. The number of hydrogen-bond acceptors (Lipinski definition) is 2. The van der Waals surface area contributed by atoms with Gasteiger partial charge in [-0.05, 0) is 48.6 Å². The molecule has 0 unspecified atom stereocenters. The number of aromatic nitrogens is 1. The van der Waals surface area contributed by atoms with Crippen LogP contribution >= 0.6 is 0 Å². The van der Waals surface area contributed by atoms with Gasteiger partial charge in [0.25, 0.3) is 0 Å². The van der Waals surface area contributed by atoms with Crippen LogP contribution in [0.1, 0.15) is 49.1 Å². The number of benzene rings is 1. The Balaban J connectivity index is 2.12. The Morgan fingerprint density at radius 3 is 2.72 bits per heavy atom. The number of nitrogens with zero attached hydrogens (tertiary/aromatic N) is 2. The van der Waals surface area contributed by atoms with Crippen molar-refractivity contribution in [2.45, 2.75) is 38.0 Å². The molecule has 90 valence electrons. The Kier molecular flexibility index (Phi) is 2.98. The van der Waals surface area contributed by atoms with Crippen molar-refractivity contribution in [2.75, 3.05) is 0 Å². The molecule has 1 aliphatic rings. The van der Waals surface area contributed by atoms with E-state index in [0.29, 0.717) is 5.92 Å². The molecule has 0 bridgehead atoms. The van der Waals surface area contributed by atoms with Crippen LogP contribution in [0.25, 0.3) is 10.9 Å². The van der Waals surface area contributed by atoms with Crippen LogP contribution in [0.15, 0.2) is 30.5 Å². The maximum Gasteiger partial charge on any atom is 0.0991 e. The largest absolute Gasteiger partial charge is 0.256 e. The fraction of sp³-hybridized carbons (Fsp3) is 0.375. The molecular weight excluding hydrogens is 220 g/mol. The fourth-order valence-electron chi connectivity index (χ4n) is 3.01. The van der Waals surface area contributed by atoms with Crippen LogP contribution in [-0.4, -0.2) is 4.98 Å². The van der Waals surface area contributed by atoms with Crippen molar-refractivity contribution in [3.05, 3.63) is 41.6 Å². The summed E-state index contributed by atoms with van der Waals surface area (Å²) < 4.78 is 0. The lowest BCUT2D eigenvalue weighted by molar-refractivity contribution is 0.445. The molecule has 1 aromatic heterocycles. The summed E-state index contributed by atoms with van der Waals surface area (Å²) in [4.78, 5) is 4.40. The summed E-state index contributed by atoms with van der Waals surface area (Å²) in [5, 5.41) is 10.2. The Bertz CT molecular complexity index is 604. The van der Waals surface area contributed by atoms with Gasteiger partial charge in [-0.3, -0.25) is 4.98 Å². The van der Waals surface area contributed by atoms with Crippen molar-refractivity contribution in [2.24, 2.45) is 0 Å². The Morgan fingerprint density at radius 1 is 1.11 bits per heavy atom. The lowest BCUT2D eigenvalue weighted by Gasteiger charge is -2.23. The first-order valence-corrected chi connectivity index (χ1v) is 6.67. The molecule has 1 fully saturated rings. The zero-order chi connectivity index (χ0) is 12.4. The van der Waals surface area contributed by atoms with E-state index in [1.165, 1.54) is 43.1 Å². The molecule has 0 amide bonds. The van der Waals surface area contributed by atoms with Crippen molar-refractivity contribution in [3.8, 4) is 6.07 Å². The van der Waals surface area contributed by atoms with Crippen LogP contribution in [0.2, 0.25) is 0 Å². The van der Waals surface area contributed by atoms with Crippen LogP contribution in [0, 0.1) is 11.3 Å². The first kappa shape index (κ1) is 11.2. The molecule has 2 nitrogen and oxygen atoms in total. The van der Waals surface area contributed by atoms with Gasteiger partial charge >= 0.3 is 0 Å². The highest BCUT2D eigenvalue weighted by molar-refractivity contribution is 5.83. The predicted molar refractivity (Wildman–Crippen MR) is 72.3 cm³/mol. The van der Waals surface area contributed by atoms with Gasteiger partial charge in [0.2, 0.25) is 0 Å². The summed E-state index contributed by atoms with van der Waals surface area (Å²) in [5.41, 5.74) is 3.13. The third kappa shape index (κ3) is 1.97. The molecule has 0 radical (unpaired) electrons. The molecule has 1 aromatic carbocycles. The molecule has 0 saturated heterocycles. The first-order valence-electron chi connectivity index (χ1n) is 6.67. The molecule has 1 aliphatic carbocycles. The second kappa shape index (κ2) is 4.78. The van der Waals surface area contributed by atoms with Gasteiger partial charge in [0.15, 0.2) is 0 Å². The molecule has 18 heavy (non-hydrogen) atoms. The van der Waals surface area contributed by atoms with E-state index in [1.807, 2.05) is 24.4 Å². The van der Waals surface area contributed by atoms with E-state index < -0.39 is 0 Å². The van der Waals surface area contributed by atoms with Crippen molar-refractivity contribution < 1.29 is 0 Å². The van der Waals surface area contributed by atoms with Gasteiger partial charge in [-0.2, -0.15) is 5.26 Å². The molecular formula is C16H16N2. The van der Waals surface area contributed by atoms with Crippen LogP contribution in [-0.2, 0) is 0 Å². The lowest BCUT2D eigenvalue weighted by atomic mass is 9.83. The third-order valence-electron chi connectivity index (χ3n) is 3.95. The Hall–Kier alpha value is -1.88.